The Hall–Kier alpha value is -1.89. The van der Waals surface area contributed by atoms with E-state index in [1.807, 2.05) is 27.7 Å². The van der Waals surface area contributed by atoms with Crippen LogP contribution in [0.3, 0.4) is 0 Å². The van der Waals surface area contributed by atoms with Crippen LogP contribution in [0.1, 0.15) is 41.5 Å². The average Bonchev–Trinajstić information content (AvgIpc) is 2.63. The van der Waals surface area contributed by atoms with Crippen LogP contribution < -0.4 is 0 Å². The molecule has 0 amide bonds. The fourth-order valence-corrected chi connectivity index (χ4v) is 2.28. The van der Waals surface area contributed by atoms with Crippen LogP contribution in [-0.2, 0) is 0 Å². The molecular formula is C23H32F6S. The van der Waals surface area contributed by atoms with Crippen LogP contribution in [-0.4, -0.2) is 12.4 Å². The van der Waals surface area contributed by atoms with Gasteiger partial charge < -0.3 is 0 Å². The highest BCUT2D eigenvalue weighted by Gasteiger charge is 2.73. The summed E-state index contributed by atoms with van der Waals surface area (Å²) >= 11 is 3.88. The summed E-state index contributed by atoms with van der Waals surface area (Å²) in [6.07, 6.45) is -5.75. The lowest BCUT2D eigenvalue weighted by Crippen LogP contribution is -2.52. The minimum Gasteiger partial charge on any atom is -0.169 e. The molecule has 0 spiro atoms. The van der Waals surface area contributed by atoms with E-state index in [1.54, 1.807) is 0 Å². The molecule has 0 aromatic carbocycles. The van der Waals surface area contributed by atoms with Gasteiger partial charge in [0.1, 0.15) is 0 Å². The van der Waals surface area contributed by atoms with Crippen molar-refractivity contribution in [3.05, 3.63) is 83.9 Å². The van der Waals surface area contributed by atoms with Crippen LogP contribution in [0.25, 0.3) is 0 Å². The number of halogens is 6. The molecule has 0 nitrogen and oxygen atoms in total. The summed E-state index contributed by atoms with van der Waals surface area (Å²) in [5, 5.41) is 0. The zero-order valence-electron chi connectivity index (χ0n) is 18.4. The number of allylic oxidation sites excluding steroid dienone is 11. The van der Waals surface area contributed by atoms with E-state index in [1.165, 1.54) is 13.8 Å². The van der Waals surface area contributed by atoms with Gasteiger partial charge in [-0.3, -0.25) is 0 Å². The van der Waals surface area contributed by atoms with Gasteiger partial charge >= 0.3 is 12.4 Å². The van der Waals surface area contributed by atoms with E-state index in [-0.39, 0.29) is 10.5 Å². The first-order valence-corrected chi connectivity index (χ1v) is 9.71. The van der Waals surface area contributed by atoms with E-state index >= 15 is 0 Å². The third-order valence-electron chi connectivity index (χ3n) is 3.29. The fourth-order valence-electron chi connectivity index (χ4n) is 2.20. The molecule has 0 saturated carbocycles. The van der Waals surface area contributed by atoms with Gasteiger partial charge in [0.05, 0.1) is 0 Å². The van der Waals surface area contributed by atoms with E-state index in [0.717, 1.165) is 24.3 Å². The molecule has 0 bridgehead atoms. The molecule has 0 radical (unpaired) electrons. The molecule has 0 aromatic heterocycles. The minimum absolute atomic E-state index is 0.231. The molecule has 0 fully saturated rings. The minimum atomic E-state index is -5.70. The second-order valence-electron chi connectivity index (χ2n) is 5.42. The Morgan fingerprint density at radius 1 is 0.733 bits per heavy atom. The third-order valence-corrected chi connectivity index (χ3v) is 3.43. The SMILES string of the molecule is C=C/C=C(\C=C/C(=C)C)C(/C(C=C)=C/C=C(\C)S)(C(F)(F)F)C(F)(F)F.CC.CC. The van der Waals surface area contributed by atoms with Crippen molar-refractivity contribution in [1.29, 1.82) is 0 Å². The van der Waals surface area contributed by atoms with E-state index in [4.69, 9.17) is 0 Å². The smallest absolute Gasteiger partial charge is 0.169 e. The number of hydrogen-bond donors (Lipinski definition) is 1. The van der Waals surface area contributed by atoms with Crippen molar-refractivity contribution in [2.24, 2.45) is 5.41 Å². The van der Waals surface area contributed by atoms with Crippen molar-refractivity contribution >= 4 is 12.6 Å². The van der Waals surface area contributed by atoms with Crippen molar-refractivity contribution in [3.63, 3.8) is 0 Å². The normalized spacial score (nSPS) is 13.7. The lowest BCUT2D eigenvalue weighted by atomic mass is 9.71. The van der Waals surface area contributed by atoms with Crippen LogP contribution in [0.15, 0.2) is 83.9 Å². The maximum atomic E-state index is 14.0. The Morgan fingerprint density at radius 2 is 1.17 bits per heavy atom. The maximum Gasteiger partial charge on any atom is 0.411 e. The van der Waals surface area contributed by atoms with E-state index in [9.17, 15) is 26.3 Å². The molecule has 0 heterocycles. The second kappa shape index (κ2) is 15.0. The zero-order valence-corrected chi connectivity index (χ0v) is 19.3. The Morgan fingerprint density at radius 3 is 1.43 bits per heavy atom. The van der Waals surface area contributed by atoms with Crippen molar-refractivity contribution in [1.82, 2.24) is 0 Å². The summed E-state index contributed by atoms with van der Waals surface area (Å²) < 4.78 is 83.7. The van der Waals surface area contributed by atoms with Gasteiger partial charge in [-0.05, 0) is 29.9 Å². The molecular weight excluding hydrogens is 422 g/mol. The van der Waals surface area contributed by atoms with Crippen molar-refractivity contribution in [3.8, 4) is 0 Å². The van der Waals surface area contributed by atoms with Gasteiger partial charge in [-0.15, -0.1) is 12.6 Å². The van der Waals surface area contributed by atoms with Crippen molar-refractivity contribution in [2.75, 3.05) is 0 Å². The molecule has 172 valence electrons. The number of thiol groups is 1. The Kier molecular flexibility index (Phi) is 16.4. The standard InChI is InChI=1S/C19H20F6S.2C2H6/c1-6-8-16(11-9-13(3)4)17(18(20,21)22,19(23,24)25)15(7-2)12-10-14(5)26;2*1-2/h6-12,26H,1-3H2,4-5H3;2*1-2H3/b11-9-,14-10+,15-12+,16-8+;;. The number of alkyl halides is 6. The number of rotatable bonds is 7. The van der Waals surface area contributed by atoms with Crippen LogP contribution in [0.5, 0.6) is 0 Å². The molecule has 0 aliphatic heterocycles. The summed E-state index contributed by atoms with van der Waals surface area (Å²) in [5.74, 6) is 0. The lowest BCUT2D eigenvalue weighted by molar-refractivity contribution is -0.308. The molecule has 0 N–H and O–H groups in total. The van der Waals surface area contributed by atoms with Gasteiger partial charge in [-0.2, -0.15) is 26.3 Å². The van der Waals surface area contributed by atoms with E-state index < -0.39 is 28.9 Å². The van der Waals surface area contributed by atoms with E-state index in [2.05, 4.69) is 32.4 Å². The van der Waals surface area contributed by atoms with Gasteiger partial charge in [0.2, 0.25) is 5.41 Å². The van der Waals surface area contributed by atoms with Gasteiger partial charge in [0.15, 0.2) is 0 Å². The monoisotopic (exact) mass is 454 g/mol. The molecule has 0 rings (SSSR count). The molecule has 7 heteroatoms. The predicted molar refractivity (Wildman–Crippen MR) is 120 cm³/mol. The molecule has 0 aromatic rings. The summed E-state index contributed by atoms with van der Waals surface area (Å²) in [6, 6.07) is 0. The molecule has 0 atom stereocenters. The second-order valence-corrected chi connectivity index (χ2v) is 6.12. The highest BCUT2D eigenvalue weighted by molar-refractivity contribution is 7.84. The van der Waals surface area contributed by atoms with Gasteiger partial charge in [0.25, 0.3) is 0 Å². The van der Waals surface area contributed by atoms with Crippen LogP contribution in [0.2, 0.25) is 0 Å². The zero-order chi connectivity index (χ0) is 24.8. The van der Waals surface area contributed by atoms with Crippen LogP contribution >= 0.6 is 12.6 Å². The largest absolute Gasteiger partial charge is 0.411 e. The average molecular weight is 455 g/mol. The summed E-state index contributed by atoms with van der Waals surface area (Å²) in [5.41, 5.74) is -6.13. The molecule has 0 aliphatic rings. The first-order chi connectivity index (χ1) is 13.8. The highest BCUT2D eigenvalue weighted by Crippen LogP contribution is 2.60. The highest BCUT2D eigenvalue weighted by atomic mass is 32.1. The predicted octanol–water partition coefficient (Wildman–Crippen LogP) is 9.34. The number of hydrogen-bond acceptors (Lipinski definition) is 1. The molecule has 0 unspecified atom stereocenters. The Labute approximate surface area is 182 Å². The topological polar surface area (TPSA) is 0 Å². The lowest BCUT2D eigenvalue weighted by Gasteiger charge is -2.39. The first kappa shape index (κ1) is 32.8. The third kappa shape index (κ3) is 8.86. The maximum absolute atomic E-state index is 14.0. The van der Waals surface area contributed by atoms with Gasteiger partial charge in [-0.25, -0.2) is 0 Å². The molecule has 0 saturated heterocycles. The quantitative estimate of drug-likeness (QED) is 0.221. The Bertz CT molecular complexity index is 653. The van der Waals surface area contributed by atoms with Crippen molar-refractivity contribution < 1.29 is 26.3 Å². The Balaban J connectivity index is -0.00000171. The first-order valence-electron chi connectivity index (χ1n) is 9.26. The van der Waals surface area contributed by atoms with Crippen LogP contribution in [0, 0.1) is 5.41 Å². The fraction of sp³-hybridized carbons (Fsp3) is 0.391. The van der Waals surface area contributed by atoms with Gasteiger partial charge in [0, 0.05) is 0 Å². The van der Waals surface area contributed by atoms with E-state index in [0.29, 0.717) is 18.2 Å². The summed E-state index contributed by atoms with van der Waals surface area (Å²) in [6.45, 7) is 20.7. The summed E-state index contributed by atoms with van der Waals surface area (Å²) in [4.78, 5) is 0.231. The molecule has 0 aliphatic carbocycles. The van der Waals surface area contributed by atoms with Crippen LogP contribution in [0.4, 0.5) is 26.3 Å². The summed E-state index contributed by atoms with van der Waals surface area (Å²) in [7, 11) is 0. The van der Waals surface area contributed by atoms with Gasteiger partial charge in [-0.1, -0.05) is 95.5 Å². The van der Waals surface area contributed by atoms with Crippen molar-refractivity contribution in [2.45, 2.75) is 53.9 Å². The molecule has 30 heavy (non-hydrogen) atoms.